The van der Waals surface area contributed by atoms with Crippen LogP contribution in [0, 0.1) is 11.3 Å². The molecule has 4 heteroatoms. The maximum Gasteiger partial charge on any atom is 0.266 e. The molecule has 3 rings (SSSR count). The molecule has 0 amide bonds. The first-order valence-corrected chi connectivity index (χ1v) is 5.89. The number of aryl methyl sites for hydroxylation is 2. The molecule has 2 heterocycles. The van der Waals surface area contributed by atoms with Crippen molar-refractivity contribution in [3.8, 4) is 17.2 Å². The Morgan fingerprint density at radius 1 is 1.33 bits per heavy atom. The number of aromatic amines is 1. The highest BCUT2D eigenvalue weighted by molar-refractivity contribution is 5.70. The molecule has 0 atom stereocenters. The average Bonchev–Trinajstić information content (AvgIpc) is 2.56. The first-order chi connectivity index (χ1) is 8.79. The molecule has 2 aromatic rings. The summed E-state index contributed by atoms with van der Waals surface area (Å²) in [5, 5.41) is 8.95. The Hall–Kier alpha value is -2.41. The molecule has 4 nitrogen and oxygen atoms in total. The molecule has 0 unspecified atom stereocenters. The Balaban J connectivity index is 2.33. The van der Waals surface area contributed by atoms with E-state index in [9.17, 15) is 4.79 Å². The summed E-state index contributed by atoms with van der Waals surface area (Å²) in [5.74, 6) is 0. The third-order valence-corrected chi connectivity index (χ3v) is 3.32. The van der Waals surface area contributed by atoms with Crippen LogP contribution < -0.4 is 5.56 Å². The van der Waals surface area contributed by atoms with Gasteiger partial charge < -0.3 is 4.98 Å². The first kappa shape index (κ1) is 10.7. The van der Waals surface area contributed by atoms with Gasteiger partial charge in [-0.15, -0.1) is 0 Å². The minimum atomic E-state index is -0.302. The number of rotatable bonds is 0. The third-order valence-electron chi connectivity index (χ3n) is 3.32. The van der Waals surface area contributed by atoms with Crippen LogP contribution in [-0.4, -0.2) is 9.97 Å². The van der Waals surface area contributed by atoms with Crippen molar-refractivity contribution < 1.29 is 0 Å². The molecular weight excluding hydrogens is 226 g/mol. The molecule has 0 bridgehead atoms. The van der Waals surface area contributed by atoms with Crippen molar-refractivity contribution in [3.63, 3.8) is 0 Å². The molecule has 0 saturated heterocycles. The molecule has 0 saturated carbocycles. The van der Waals surface area contributed by atoms with E-state index in [1.165, 1.54) is 5.56 Å². The zero-order valence-electron chi connectivity index (χ0n) is 9.73. The second kappa shape index (κ2) is 4.11. The normalized spacial score (nSPS) is 13.1. The summed E-state index contributed by atoms with van der Waals surface area (Å²) in [7, 11) is 0. The van der Waals surface area contributed by atoms with Crippen LogP contribution in [0.25, 0.3) is 11.1 Å². The second-order valence-corrected chi connectivity index (χ2v) is 4.40. The lowest BCUT2D eigenvalue weighted by Gasteiger charge is -2.08. The summed E-state index contributed by atoms with van der Waals surface area (Å²) in [6.45, 7) is 0. The summed E-state index contributed by atoms with van der Waals surface area (Å²) in [5.41, 5.74) is 3.95. The van der Waals surface area contributed by atoms with Crippen LogP contribution in [0.2, 0.25) is 0 Å². The van der Waals surface area contributed by atoms with Crippen LogP contribution in [0.3, 0.4) is 0 Å². The standard InChI is InChI=1S/C14H11N3O/c15-7-10-6-11-12-8-16-5-4-9(12)2-1-3-13(11)17-14(10)18/h4-6,8H,1-3H2,(H,17,18). The van der Waals surface area contributed by atoms with Gasteiger partial charge in [-0.1, -0.05) is 0 Å². The average molecular weight is 237 g/mol. The molecule has 0 aromatic carbocycles. The Morgan fingerprint density at radius 2 is 2.22 bits per heavy atom. The fourth-order valence-electron chi connectivity index (χ4n) is 2.43. The fraction of sp³-hybridized carbons (Fsp3) is 0.214. The SMILES string of the molecule is N#Cc1cc2c([nH]c1=O)CCCc1ccncc1-2. The summed E-state index contributed by atoms with van der Waals surface area (Å²) in [4.78, 5) is 18.6. The predicted octanol–water partition coefficient (Wildman–Crippen LogP) is 1.80. The van der Waals surface area contributed by atoms with Crippen molar-refractivity contribution in [3.05, 3.63) is 51.7 Å². The number of aromatic nitrogens is 2. The monoisotopic (exact) mass is 237 g/mol. The van der Waals surface area contributed by atoms with Crippen LogP contribution in [-0.2, 0) is 12.8 Å². The zero-order valence-corrected chi connectivity index (χ0v) is 9.73. The van der Waals surface area contributed by atoms with Gasteiger partial charge in [-0.2, -0.15) is 5.26 Å². The summed E-state index contributed by atoms with van der Waals surface area (Å²) in [6, 6.07) is 5.61. The predicted molar refractivity (Wildman–Crippen MR) is 67.0 cm³/mol. The molecule has 1 N–H and O–H groups in total. The van der Waals surface area contributed by atoms with E-state index < -0.39 is 0 Å². The van der Waals surface area contributed by atoms with E-state index in [1.54, 1.807) is 18.5 Å². The smallest absolute Gasteiger partial charge is 0.266 e. The van der Waals surface area contributed by atoms with E-state index in [1.807, 2.05) is 12.1 Å². The van der Waals surface area contributed by atoms with Gasteiger partial charge in [-0.3, -0.25) is 9.78 Å². The van der Waals surface area contributed by atoms with E-state index in [-0.39, 0.29) is 11.1 Å². The Bertz CT molecular complexity index is 710. The van der Waals surface area contributed by atoms with Crippen molar-refractivity contribution in [2.45, 2.75) is 19.3 Å². The number of H-pyrrole nitrogens is 1. The third kappa shape index (κ3) is 1.61. The lowest BCUT2D eigenvalue weighted by Crippen LogP contribution is -2.13. The quantitative estimate of drug-likeness (QED) is 0.759. The van der Waals surface area contributed by atoms with E-state index in [0.717, 1.165) is 36.1 Å². The van der Waals surface area contributed by atoms with E-state index in [4.69, 9.17) is 5.26 Å². The van der Waals surface area contributed by atoms with E-state index in [2.05, 4.69) is 9.97 Å². The van der Waals surface area contributed by atoms with Gasteiger partial charge >= 0.3 is 0 Å². The number of hydrogen-bond acceptors (Lipinski definition) is 3. The van der Waals surface area contributed by atoms with Crippen LogP contribution in [0.1, 0.15) is 23.2 Å². The molecule has 0 spiro atoms. The Kier molecular flexibility index (Phi) is 2.45. The van der Waals surface area contributed by atoms with Crippen molar-refractivity contribution in [1.82, 2.24) is 9.97 Å². The largest absolute Gasteiger partial charge is 0.324 e. The summed E-state index contributed by atoms with van der Waals surface area (Å²) in [6.07, 6.45) is 6.37. The lowest BCUT2D eigenvalue weighted by atomic mass is 10.0. The number of hydrogen-bond donors (Lipinski definition) is 1. The molecule has 1 aliphatic rings. The maximum absolute atomic E-state index is 11.7. The van der Waals surface area contributed by atoms with Gasteiger partial charge in [-0.05, 0) is 37.0 Å². The molecule has 0 radical (unpaired) electrons. The van der Waals surface area contributed by atoms with Crippen molar-refractivity contribution >= 4 is 0 Å². The molecular formula is C14H11N3O. The van der Waals surface area contributed by atoms with Gasteiger partial charge in [0, 0.05) is 29.2 Å². The topological polar surface area (TPSA) is 69.5 Å². The molecule has 88 valence electrons. The van der Waals surface area contributed by atoms with Gasteiger partial charge in [0.25, 0.3) is 5.56 Å². The van der Waals surface area contributed by atoms with Gasteiger partial charge in [0.2, 0.25) is 0 Å². The van der Waals surface area contributed by atoms with Crippen LogP contribution in [0.15, 0.2) is 29.3 Å². The number of nitriles is 1. The number of nitrogens with zero attached hydrogens (tertiary/aromatic N) is 2. The van der Waals surface area contributed by atoms with Crippen molar-refractivity contribution in [2.75, 3.05) is 0 Å². The van der Waals surface area contributed by atoms with E-state index in [0.29, 0.717) is 0 Å². The van der Waals surface area contributed by atoms with Crippen LogP contribution in [0.4, 0.5) is 0 Å². The fourth-order valence-corrected chi connectivity index (χ4v) is 2.43. The molecule has 1 aliphatic carbocycles. The summed E-state index contributed by atoms with van der Waals surface area (Å²) >= 11 is 0. The van der Waals surface area contributed by atoms with Crippen LogP contribution in [0.5, 0.6) is 0 Å². The minimum Gasteiger partial charge on any atom is -0.324 e. The van der Waals surface area contributed by atoms with Crippen LogP contribution >= 0.6 is 0 Å². The zero-order chi connectivity index (χ0) is 12.5. The lowest BCUT2D eigenvalue weighted by molar-refractivity contribution is 0.810. The maximum atomic E-state index is 11.7. The van der Waals surface area contributed by atoms with E-state index >= 15 is 0 Å². The number of nitrogens with one attached hydrogen (secondary N) is 1. The highest BCUT2D eigenvalue weighted by Crippen LogP contribution is 2.30. The Labute approximate surface area is 104 Å². The van der Waals surface area contributed by atoms with Gasteiger partial charge in [0.15, 0.2) is 0 Å². The molecule has 0 fully saturated rings. The number of pyridine rings is 2. The van der Waals surface area contributed by atoms with Crippen molar-refractivity contribution in [2.24, 2.45) is 0 Å². The molecule has 0 aliphatic heterocycles. The molecule has 18 heavy (non-hydrogen) atoms. The van der Waals surface area contributed by atoms with Gasteiger partial charge in [0.05, 0.1) is 0 Å². The first-order valence-electron chi connectivity index (χ1n) is 5.89. The van der Waals surface area contributed by atoms with Gasteiger partial charge in [-0.25, -0.2) is 0 Å². The van der Waals surface area contributed by atoms with Crippen molar-refractivity contribution in [1.29, 1.82) is 5.26 Å². The molecule has 2 aromatic heterocycles. The Morgan fingerprint density at radius 3 is 3.06 bits per heavy atom. The highest BCUT2D eigenvalue weighted by atomic mass is 16.1. The highest BCUT2D eigenvalue weighted by Gasteiger charge is 2.16. The van der Waals surface area contributed by atoms with Gasteiger partial charge in [0.1, 0.15) is 11.6 Å². The number of fused-ring (bicyclic) bond motifs is 3. The minimum absolute atomic E-state index is 0.158. The summed E-state index contributed by atoms with van der Waals surface area (Å²) < 4.78 is 0. The second-order valence-electron chi connectivity index (χ2n) is 4.40.